The van der Waals surface area contributed by atoms with Crippen molar-refractivity contribution in [1.82, 2.24) is 15.5 Å². The Balaban J connectivity index is 1.68. The van der Waals surface area contributed by atoms with E-state index >= 15 is 0 Å². The second-order valence-corrected chi connectivity index (χ2v) is 8.61. The normalized spacial score (nSPS) is 11.5. The van der Waals surface area contributed by atoms with Gasteiger partial charge in [-0.3, -0.25) is 4.79 Å². The zero-order valence-electron chi connectivity index (χ0n) is 18.2. The molecule has 1 heterocycles. The highest BCUT2D eigenvalue weighted by Crippen LogP contribution is 2.33. The average Bonchev–Trinajstić information content (AvgIpc) is 2.80. The number of nitrogens with zero attached hydrogens (tertiary/aromatic N) is 2. The highest BCUT2D eigenvalue weighted by molar-refractivity contribution is 9.10. The fraction of sp³-hybridized carbons (Fsp3) is 0.160. The summed E-state index contributed by atoms with van der Waals surface area (Å²) in [5, 5.41) is 10.5. The van der Waals surface area contributed by atoms with Crippen molar-refractivity contribution >= 4 is 32.7 Å². The number of ether oxygens (including phenoxy) is 1. The molecule has 1 aromatic heterocycles. The molecule has 0 aliphatic carbocycles. The molecular weight excluding hydrogens is 511 g/mol. The lowest BCUT2D eigenvalue weighted by Crippen LogP contribution is -2.35. The van der Waals surface area contributed by atoms with E-state index in [-0.39, 0.29) is 27.2 Å². The SMILES string of the molecule is Cc1ccc(C(F)(F)CNC(=O)c2c(Oc3cccc(Br)c3F)nnc3ccccc23)c(C)c1. The largest absolute Gasteiger partial charge is 0.434 e. The Labute approximate surface area is 202 Å². The van der Waals surface area contributed by atoms with Gasteiger partial charge in [0.2, 0.25) is 0 Å². The highest BCUT2D eigenvalue weighted by atomic mass is 79.9. The van der Waals surface area contributed by atoms with Gasteiger partial charge in [-0.1, -0.05) is 48.0 Å². The van der Waals surface area contributed by atoms with E-state index in [0.29, 0.717) is 16.5 Å². The van der Waals surface area contributed by atoms with E-state index < -0.39 is 24.2 Å². The van der Waals surface area contributed by atoms with E-state index in [1.165, 1.54) is 18.2 Å². The van der Waals surface area contributed by atoms with Crippen LogP contribution in [0.3, 0.4) is 0 Å². The van der Waals surface area contributed by atoms with Gasteiger partial charge >= 0.3 is 0 Å². The lowest BCUT2D eigenvalue weighted by Gasteiger charge is -2.20. The third-order valence-corrected chi connectivity index (χ3v) is 5.85. The Kier molecular flexibility index (Phi) is 6.56. The molecule has 5 nitrogen and oxygen atoms in total. The molecule has 174 valence electrons. The van der Waals surface area contributed by atoms with Gasteiger partial charge in [-0.25, -0.2) is 4.39 Å². The Morgan fingerprint density at radius 3 is 2.59 bits per heavy atom. The van der Waals surface area contributed by atoms with Crippen molar-refractivity contribution in [1.29, 1.82) is 0 Å². The van der Waals surface area contributed by atoms with E-state index in [2.05, 4.69) is 31.4 Å². The van der Waals surface area contributed by atoms with E-state index in [1.807, 2.05) is 6.92 Å². The maximum absolute atomic E-state index is 15.0. The quantitative estimate of drug-likeness (QED) is 0.311. The fourth-order valence-corrected chi connectivity index (χ4v) is 3.94. The number of halogens is 4. The smallest absolute Gasteiger partial charge is 0.290 e. The molecule has 34 heavy (non-hydrogen) atoms. The van der Waals surface area contributed by atoms with Gasteiger partial charge < -0.3 is 10.1 Å². The summed E-state index contributed by atoms with van der Waals surface area (Å²) in [6, 6.07) is 15.5. The first kappa shape index (κ1) is 23.7. The van der Waals surface area contributed by atoms with Crippen LogP contribution in [-0.2, 0) is 5.92 Å². The Bertz CT molecular complexity index is 1400. The first-order valence-electron chi connectivity index (χ1n) is 10.3. The summed E-state index contributed by atoms with van der Waals surface area (Å²) in [5.74, 6) is -5.37. The number of hydrogen-bond acceptors (Lipinski definition) is 4. The Morgan fingerprint density at radius 2 is 1.82 bits per heavy atom. The summed E-state index contributed by atoms with van der Waals surface area (Å²) in [6.07, 6.45) is 0. The number of amides is 1. The summed E-state index contributed by atoms with van der Waals surface area (Å²) >= 11 is 3.07. The zero-order valence-corrected chi connectivity index (χ0v) is 19.8. The van der Waals surface area contributed by atoms with Crippen LogP contribution in [0.4, 0.5) is 13.2 Å². The van der Waals surface area contributed by atoms with Crippen molar-refractivity contribution in [2.75, 3.05) is 6.54 Å². The standard InChI is InChI=1S/C25H19BrF3N3O2/c1-14-10-11-17(15(2)12-14)25(28,29)13-30-23(33)21-16-6-3-4-8-19(16)31-32-24(21)34-20-9-5-7-18(26)22(20)27/h3-12H,13H2,1-2H3,(H,30,33). The number of carbonyl (C=O) groups excluding carboxylic acids is 1. The van der Waals surface area contributed by atoms with Crippen molar-refractivity contribution < 1.29 is 22.7 Å². The van der Waals surface area contributed by atoms with Crippen LogP contribution in [0.1, 0.15) is 27.0 Å². The number of aryl methyl sites for hydroxylation is 2. The van der Waals surface area contributed by atoms with Crippen LogP contribution < -0.4 is 10.1 Å². The number of nitrogens with one attached hydrogen (secondary N) is 1. The van der Waals surface area contributed by atoms with Crippen LogP contribution in [0.2, 0.25) is 0 Å². The van der Waals surface area contributed by atoms with E-state index in [9.17, 15) is 18.0 Å². The molecule has 0 spiro atoms. The minimum atomic E-state index is -3.32. The minimum Gasteiger partial charge on any atom is -0.434 e. The number of aromatic nitrogens is 2. The first-order valence-corrected chi connectivity index (χ1v) is 11.1. The van der Waals surface area contributed by atoms with Crippen LogP contribution in [0.15, 0.2) is 65.1 Å². The molecule has 3 aromatic carbocycles. The number of rotatable bonds is 6. The van der Waals surface area contributed by atoms with Crippen LogP contribution >= 0.6 is 15.9 Å². The van der Waals surface area contributed by atoms with Gasteiger partial charge in [0.25, 0.3) is 17.7 Å². The molecule has 0 bridgehead atoms. The summed E-state index contributed by atoms with van der Waals surface area (Å²) in [5.41, 5.74) is 1.34. The van der Waals surface area contributed by atoms with Crippen molar-refractivity contribution in [3.8, 4) is 11.6 Å². The topological polar surface area (TPSA) is 64.1 Å². The number of fused-ring (bicyclic) bond motifs is 1. The van der Waals surface area contributed by atoms with Crippen molar-refractivity contribution in [2.45, 2.75) is 19.8 Å². The number of benzene rings is 3. The van der Waals surface area contributed by atoms with Crippen molar-refractivity contribution in [3.63, 3.8) is 0 Å². The zero-order chi connectivity index (χ0) is 24.5. The van der Waals surface area contributed by atoms with Gasteiger partial charge in [0.05, 0.1) is 16.5 Å². The van der Waals surface area contributed by atoms with Gasteiger partial charge in [0.15, 0.2) is 11.6 Å². The maximum atomic E-state index is 15.0. The Morgan fingerprint density at radius 1 is 1.06 bits per heavy atom. The maximum Gasteiger partial charge on any atom is 0.290 e. The third-order valence-electron chi connectivity index (χ3n) is 5.23. The molecule has 0 saturated carbocycles. The minimum absolute atomic E-state index is 0.124. The van der Waals surface area contributed by atoms with Gasteiger partial charge in [0.1, 0.15) is 5.56 Å². The third kappa shape index (κ3) is 4.75. The molecule has 4 rings (SSSR count). The first-order chi connectivity index (χ1) is 16.2. The predicted octanol–water partition coefficient (Wildman–Crippen LogP) is 6.46. The molecule has 1 amide bonds. The van der Waals surface area contributed by atoms with Crippen molar-refractivity contribution in [3.05, 3.63) is 93.2 Å². The highest BCUT2D eigenvalue weighted by Gasteiger charge is 2.34. The molecule has 9 heteroatoms. The molecule has 0 aliphatic rings. The second kappa shape index (κ2) is 9.42. The van der Waals surface area contributed by atoms with Crippen LogP contribution in [-0.4, -0.2) is 22.6 Å². The predicted molar refractivity (Wildman–Crippen MR) is 126 cm³/mol. The molecule has 0 unspecified atom stereocenters. The summed E-state index contributed by atoms with van der Waals surface area (Å²) in [6.45, 7) is 2.46. The lowest BCUT2D eigenvalue weighted by atomic mass is 10.00. The molecule has 1 N–H and O–H groups in total. The molecule has 0 radical (unpaired) electrons. The van der Waals surface area contributed by atoms with Crippen LogP contribution in [0.25, 0.3) is 10.9 Å². The lowest BCUT2D eigenvalue weighted by molar-refractivity contribution is -0.00308. The number of hydrogen-bond donors (Lipinski definition) is 1. The molecule has 0 fully saturated rings. The Hall–Kier alpha value is -3.46. The van der Waals surface area contributed by atoms with Gasteiger partial charge in [0, 0.05) is 10.9 Å². The second-order valence-electron chi connectivity index (χ2n) is 7.76. The number of alkyl halides is 2. The molecular formula is C25H19BrF3N3O2. The van der Waals surface area contributed by atoms with E-state index in [1.54, 1.807) is 49.4 Å². The van der Waals surface area contributed by atoms with Crippen molar-refractivity contribution in [2.24, 2.45) is 0 Å². The average molecular weight is 530 g/mol. The molecule has 0 aliphatic heterocycles. The monoisotopic (exact) mass is 529 g/mol. The van der Waals surface area contributed by atoms with E-state index in [0.717, 1.165) is 5.56 Å². The van der Waals surface area contributed by atoms with Gasteiger partial charge in [-0.15, -0.1) is 10.2 Å². The number of carbonyl (C=O) groups is 1. The van der Waals surface area contributed by atoms with Gasteiger partial charge in [-0.2, -0.15) is 8.78 Å². The molecule has 0 saturated heterocycles. The summed E-state index contributed by atoms with van der Waals surface area (Å²) in [7, 11) is 0. The fourth-order valence-electron chi connectivity index (χ4n) is 3.59. The molecule has 4 aromatic rings. The van der Waals surface area contributed by atoms with E-state index in [4.69, 9.17) is 4.74 Å². The van der Waals surface area contributed by atoms with Crippen LogP contribution in [0.5, 0.6) is 11.6 Å². The summed E-state index contributed by atoms with van der Waals surface area (Å²) in [4.78, 5) is 13.1. The van der Waals surface area contributed by atoms with Gasteiger partial charge in [-0.05, 0) is 53.5 Å². The molecule has 0 atom stereocenters. The van der Waals surface area contributed by atoms with Crippen LogP contribution in [0, 0.1) is 19.7 Å². The summed E-state index contributed by atoms with van der Waals surface area (Å²) < 4.78 is 50.1.